The summed E-state index contributed by atoms with van der Waals surface area (Å²) < 4.78 is 0. The van der Waals surface area contributed by atoms with Gasteiger partial charge < -0.3 is 108 Å². The van der Waals surface area contributed by atoms with Crippen LogP contribution in [-0.4, -0.2) is 296 Å². The van der Waals surface area contributed by atoms with E-state index in [4.69, 9.17) is 11.5 Å². The number of ketones is 4. The van der Waals surface area contributed by atoms with Crippen molar-refractivity contribution in [3.63, 3.8) is 0 Å². The lowest BCUT2D eigenvalue weighted by atomic mass is 9.90. The molecule has 13 amide bonds. The number of carbonyl (C=O) groups excluding carboxylic acids is 17. The Morgan fingerprint density at radius 1 is 0.574 bits per heavy atom. The number of para-hydroxylation sites is 2. The average molecular weight is 1910 g/mol. The van der Waals surface area contributed by atoms with E-state index in [0.29, 0.717) is 64.2 Å². The molecule has 17 N–H and O–H groups in total. The van der Waals surface area contributed by atoms with Crippen LogP contribution in [0.15, 0.2) is 97.7 Å². The number of H-pyrrole nitrogens is 3. The van der Waals surface area contributed by atoms with Gasteiger partial charge in [-0.25, -0.2) is 4.98 Å². The van der Waals surface area contributed by atoms with Crippen LogP contribution >= 0.6 is 11.8 Å². The van der Waals surface area contributed by atoms with Crippen LogP contribution in [0.4, 0.5) is 0 Å². The van der Waals surface area contributed by atoms with Gasteiger partial charge in [0.25, 0.3) is 0 Å². The fraction of sp³-hybridized carbons (Fsp3) is 0.552. The number of phenols is 1. The van der Waals surface area contributed by atoms with Gasteiger partial charge >= 0.3 is 5.97 Å². The summed E-state index contributed by atoms with van der Waals surface area (Å²) in [5.41, 5.74) is 15.1. The number of benzene rings is 3. The average Bonchev–Trinajstić information content (AvgIpc) is 1.66. The highest BCUT2D eigenvalue weighted by molar-refractivity contribution is 7.99. The zero-order chi connectivity index (χ0) is 99.3. The van der Waals surface area contributed by atoms with E-state index in [1.807, 2.05) is 39.8 Å². The number of aromatic hydroxyl groups is 1. The van der Waals surface area contributed by atoms with Crippen LogP contribution in [0.2, 0.25) is 0 Å². The molecule has 3 aromatic carbocycles. The Morgan fingerprint density at radius 2 is 1.14 bits per heavy atom. The molecule has 9 rings (SSSR count). The normalized spacial score (nSPS) is 24.9. The minimum Gasteiger partial charge on any atom is -0.508 e. The van der Waals surface area contributed by atoms with Crippen molar-refractivity contribution in [1.82, 2.24) is 81.7 Å². The molecular weight excluding hydrogens is 1770 g/mol. The maximum atomic E-state index is 15.9. The van der Waals surface area contributed by atoms with E-state index < -0.39 is 241 Å². The van der Waals surface area contributed by atoms with E-state index >= 15 is 43.2 Å². The summed E-state index contributed by atoms with van der Waals surface area (Å²) in [6, 6.07) is 2.00. The third-order valence-electron chi connectivity index (χ3n) is 25.4. The number of unbranched alkanes of at least 4 members (excludes halogenated alkanes) is 2. The van der Waals surface area contributed by atoms with E-state index in [1.165, 1.54) is 74.5 Å². The van der Waals surface area contributed by atoms with Crippen molar-refractivity contribution in [2.45, 2.75) is 268 Å². The maximum absolute atomic E-state index is 15.9. The third-order valence-corrected chi connectivity index (χ3v) is 26.5. The van der Waals surface area contributed by atoms with Crippen molar-refractivity contribution in [2.75, 3.05) is 51.8 Å². The Kier molecular flexibility index (Phi) is 40.3. The zero-order valence-electron chi connectivity index (χ0n) is 78.7. The molecule has 39 nitrogen and oxygen atoms in total. The van der Waals surface area contributed by atoms with Crippen LogP contribution in [-0.2, 0) is 112 Å². The number of aromatic amines is 3. The summed E-state index contributed by atoms with van der Waals surface area (Å²) in [5.74, 6) is -18.9. The summed E-state index contributed by atoms with van der Waals surface area (Å²) in [7, 11) is 2.69. The molecule has 0 aliphatic carbocycles. The summed E-state index contributed by atoms with van der Waals surface area (Å²) in [6.45, 7) is 10.7. The molecule has 0 spiro atoms. The van der Waals surface area contributed by atoms with Crippen molar-refractivity contribution in [3.8, 4) is 5.75 Å². The molecule has 0 saturated carbocycles. The van der Waals surface area contributed by atoms with Gasteiger partial charge in [-0.1, -0.05) is 102 Å². The first-order valence-corrected chi connectivity index (χ1v) is 47.9. The maximum Gasteiger partial charge on any atom is 0.303 e. The first kappa shape index (κ1) is 107. The van der Waals surface area contributed by atoms with E-state index in [9.17, 15) is 58.5 Å². The van der Waals surface area contributed by atoms with Crippen LogP contribution in [0, 0.1) is 17.8 Å². The second kappa shape index (κ2) is 51.3. The first-order valence-electron chi connectivity index (χ1n) is 46.8. The van der Waals surface area contributed by atoms with Crippen LogP contribution in [0.1, 0.15) is 186 Å². The number of rotatable bonds is 28. The van der Waals surface area contributed by atoms with E-state index in [2.05, 4.69) is 57.2 Å². The number of likely N-dealkylation sites (N-methyl/N-ethyl adjacent to an activating group) is 3. The minimum absolute atomic E-state index is 0.0305. The van der Waals surface area contributed by atoms with Crippen molar-refractivity contribution in [3.05, 3.63) is 120 Å². The van der Waals surface area contributed by atoms with Gasteiger partial charge in [-0.15, -0.1) is 0 Å². The number of imidazole rings is 1. The van der Waals surface area contributed by atoms with Gasteiger partial charge in [0.05, 0.1) is 36.2 Å². The molecule has 0 bridgehead atoms. The number of phenolic OH excluding ortho intramolecular Hbond substituents is 1. The van der Waals surface area contributed by atoms with Crippen LogP contribution < -0.4 is 48.7 Å². The molecule has 738 valence electrons. The van der Waals surface area contributed by atoms with Gasteiger partial charge in [0.2, 0.25) is 76.8 Å². The number of nitrogens with one attached hydrogen (secondary N) is 10. The number of aliphatic carboxylic acids is 1. The van der Waals surface area contributed by atoms with Gasteiger partial charge in [0.15, 0.2) is 11.6 Å². The van der Waals surface area contributed by atoms with Crippen molar-refractivity contribution < 1.29 is 102 Å². The highest BCUT2D eigenvalue weighted by atomic mass is 32.2. The molecule has 6 aromatic rings. The molecule has 0 radical (unpaired) electrons. The van der Waals surface area contributed by atoms with Gasteiger partial charge in [0.1, 0.15) is 77.7 Å². The number of nitrogens with zero attached hydrogens (tertiary/aromatic N) is 6. The number of aliphatic hydroxyl groups is 1. The Balaban J connectivity index is 1.11. The van der Waals surface area contributed by atoms with E-state index in [1.54, 1.807) is 55.7 Å². The predicted octanol–water partition coefficient (Wildman–Crippen LogP) is 2.94. The minimum atomic E-state index is -1.82. The summed E-state index contributed by atoms with van der Waals surface area (Å²) in [5, 5.41) is 52.5. The van der Waals surface area contributed by atoms with Gasteiger partial charge in [-0.2, -0.15) is 11.8 Å². The molecule has 15 atom stereocenters. The Hall–Kier alpha value is -12.7. The lowest BCUT2D eigenvalue weighted by molar-refractivity contribution is -0.150. The number of fused-ring (bicyclic) bond motifs is 4. The highest BCUT2D eigenvalue weighted by Gasteiger charge is 2.47. The number of hydrogen-bond acceptors (Lipinski definition) is 23. The molecule has 3 fully saturated rings. The summed E-state index contributed by atoms with van der Waals surface area (Å²) in [6.07, 6.45) is 1.02. The van der Waals surface area contributed by atoms with Crippen LogP contribution in [0.25, 0.3) is 21.8 Å². The van der Waals surface area contributed by atoms with E-state index in [0.717, 1.165) is 26.5 Å². The van der Waals surface area contributed by atoms with Crippen molar-refractivity contribution >= 4 is 139 Å². The lowest BCUT2D eigenvalue weighted by Gasteiger charge is -2.38. The highest BCUT2D eigenvalue weighted by Crippen LogP contribution is 2.30. The monoisotopic (exact) mass is 1900 g/mol. The van der Waals surface area contributed by atoms with Gasteiger partial charge in [-0.05, 0) is 119 Å². The Labute approximate surface area is 793 Å². The number of carboxylic acids is 1. The van der Waals surface area contributed by atoms with Crippen molar-refractivity contribution in [2.24, 2.45) is 29.2 Å². The number of nitrogens with two attached hydrogens (primary N) is 2. The number of carbonyl (C=O) groups is 18. The van der Waals surface area contributed by atoms with Gasteiger partial charge in [0, 0.05) is 162 Å². The van der Waals surface area contributed by atoms with Crippen molar-refractivity contribution in [1.29, 1.82) is 0 Å². The Morgan fingerprint density at radius 3 is 1.73 bits per heavy atom. The summed E-state index contributed by atoms with van der Waals surface area (Å²) in [4.78, 5) is 284. The number of aliphatic hydroxyl groups excluding tert-OH is 1. The van der Waals surface area contributed by atoms with Crippen LogP contribution in [0.5, 0.6) is 5.75 Å². The SMILES string of the molecule is CCCC[C@H]1C(=O)N(CC)[C@@H](CCCC)C(=O)N[C@@H](CC(C)C)C(=O)C[C@H](C(=O)CCC(C)=O)CSCC(=O)N[C@@H](Cc2ccc(O)cc2)C(=O)N(C)[C@@H](C)C(=O)C[C@@H](CC(N)=O)C(=O)N2CCC[C@H]2C(=O)N[C@@H](Cc2cnc[nH]2)C(=O)N[C@@H](CCC(=O)O)C(=O)N2C[C@H](O)C[C@H]2C(=O)N[C@@H](Cc2c[nH]c3ccccc23)C(=O)N[C@@H](CCN)C(=O)N[C@@H](Cc2c[nH]c3ccccc23)C(=O)N1C. The zero-order valence-corrected chi connectivity index (χ0v) is 79.5. The number of Topliss-reactive ketones (excluding diaryl/α,β-unsaturated/α-hetero) is 4. The number of primary amides is 1. The first-order chi connectivity index (χ1) is 64.8. The molecule has 3 aromatic heterocycles. The number of thioether (sulfide) groups is 1. The summed E-state index contributed by atoms with van der Waals surface area (Å²) >= 11 is 0.934. The van der Waals surface area contributed by atoms with Crippen LogP contribution in [0.3, 0.4) is 0 Å². The number of hydrogen-bond donors (Lipinski definition) is 15. The fourth-order valence-electron chi connectivity index (χ4n) is 17.8. The largest absolute Gasteiger partial charge is 0.508 e. The standard InChI is InChI=1S/C96H132N18O21S/c1-10-13-24-76-89(128)106-71(38-54(4)5)82(120)43-61(80(118)33-27-55(6)115)51-136-52-84(122)103-74(39-57-28-30-63(116)31-29-57)93(132)110(8)56(7)81(119)42-58(44-83(98)121)92(131)113-37-19-26-77(113)90(129)108-73(45-62-49-99-53-102-62)88(127)105-70(32-34-85(123)124)95(134)114-50-64(117)46-79(114)91(130)107-72(40-59-47-100-67-22-17-15-20-65(59)67)87(126)104-69(35-36-97)86(125)109-75(41-60-48-101-68-23-18-16-21-66(60)68)94(133)111(9)78(25-14-11-2)96(135)112(76)12-3/h15-18,20-23,28-31,47-49,53-54,56,58,61,64,69-79,100-101,116-117H,10-14,19,24-27,32-46,50-52,97H2,1-9H3,(H2,98,121)(H,99,102)(H,103,122)(H,104,126)(H,105,127)(H,106,128)(H,107,130)(H,108,129)(H,109,125)(H,123,124)/t56-,58-,61-,64+,69-,70-,71-,72-,73-,74-,75-,76-,77-,78-,79-/m0/s1. The fourth-order valence-corrected chi connectivity index (χ4v) is 18.8. The lowest BCUT2D eigenvalue weighted by Crippen LogP contribution is -2.61. The predicted molar refractivity (Wildman–Crippen MR) is 504 cm³/mol. The molecular formula is C96H132N18O21S. The molecule has 40 heteroatoms. The number of aromatic nitrogens is 4. The molecule has 3 aliphatic heterocycles. The second-order valence-corrected chi connectivity index (χ2v) is 37.1. The molecule has 3 saturated heterocycles. The van der Waals surface area contributed by atoms with Gasteiger partial charge in [-0.3, -0.25) is 81.5 Å². The number of amides is 13. The second-order valence-electron chi connectivity index (χ2n) is 36.1. The topological polar surface area (TPSA) is 581 Å². The van der Waals surface area contributed by atoms with E-state index in [-0.39, 0.29) is 126 Å². The third kappa shape index (κ3) is 29.6. The molecule has 6 heterocycles. The molecule has 3 aliphatic rings. The molecule has 136 heavy (non-hydrogen) atoms. The smallest absolute Gasteiger partial charge is 0.303 e. The number of carboxylic acid groups (broad SMARTS) is 1. The molecule has 0 unspecified atom stereocenters. The quantitative estimate of drug-likeness (QED) is 0.0336. The Bertz CT molecular complexity index is 5240.